The summed E-state index contributed by atoms with van der Waals surface area (Å²) in [4.78, 5) is 22.8. The third-order valence-electron chi connectivity index (χ3n) is 2.62. The molecule has 0 bridgehead atoms. The van der Waals surface area contributed by atoms with Crippen LogP contribution in [0.4, 0.5) is 0 Å². The molecule has 1 rings (SSSR count). The van der Waals surface area contributed by atoms with Gasteiger partial charge in [0.2, 0.25) is 5.91 Å². The van der Waals surface area contributed by atoms with Gasteiger partial charge in [-0.2, -0.15) is 0 Å². The molecule has 5 nitrogen and oxygen atoms in total. The summed E-state index contributed by atoms with van der Waals surface area (Å²) in [6.45, 7) is 3.36. The van der Waals surface area contributed by atoms with Crippen LogP contribution in [-0.4, -0.2) is 38.1 Å². The number of piperidine rings is 1. The van der Waals surface area contributed by atoms with Gasteiger partial charge in [-0.3, -0.25) is 4.79 Å². The number of carbonyl (C=O) groups excluding carboxylic acids is 2. The van der Waals surface area contributed by atoms with E-state index in [1.165, 1.54) is 7.11 Å². The van der Waals surface area contributed by atoms with E-state index < -0.39 is 12.0 Å². The van der Waals surface area contributed by atoms with Crippen molar-refractivity contribution in [2.24, 2.45) is 5.92 Å². The summed E-state index contributed by atoms with van der Waals surface area (Å²) in [6.07, 6.45) is 1.67. The molecular formula is C10H19ClN2O3. The van der Waals surface area contributed by atoms with Crippen molar-refractivity contribution in [3.8, 4) is 0 Å². The molecule has 0 aliphatic carbocycles. The Balaban J connectivity index is 0.00000225. The second kappa shape index (κ2) is 7.46. The number of methoxy groups -OCH3 is 1. The fourth-order valence-corrected chi connectivity index (χ4v) is 1.65. The minimum absolute atomic E-state index is 0. The minimum atomic E-state index is -0.558. The van der Waals surface area contributed by atoms with E-state index in [1.54, 1.807) is 6.92 Å². The molecule has 1 atom stereocenters. The van der Waals surface area contributed by atoms with E-state index in [1.807, 2.05) is 0 Å². The van der Waals surface area contributed by atoms with Crippen LogP contribution in [0.5, 0.6) is 0 Å². The largest absolute Gasteiger partial charge is 0.467 e. The molecule has 1 aliphatic heterocycles. The number of ether oxygens (including phenoxy) is 1. The van der Waals surface area contributed by atoms with Gasteiger partial charge in [0.25, 0.3) is 0 Å². The summed E-state index contributed by atoms with van der Waals surface area (Å²) in [5.74, 6) is -0.426. The number of esters is 1. The van der Waals surface area contributed by atoms with Gasteiger partial charge in [-0.25, -0.2) is 4.79 Å². The Morgan fingerprint density at radius 1 is 1.38 bits per heavy atom. The van der Waals surface area contributed by atoms with Crippen LogP contribution in [0.2, 0.25) is 0 Å². The highest BCUT2D eigenvalue weighted by Gasteiger charge is 2.24. The topological polar surface area (TPSA) is 67.4 Å². The Kier molecular flexibility index (Phi) is 7.08. The Labute approximate surface area is 102 Å². The molecule has 0 aromatic heterocycles. The quantitative estimate of drug-likeness (QED) is 0.697. The zero-order valence-corrected chi connectivity index (χ0v) is 10.4. The number of hydrogen-bond donors (Lipinski definition) is 2. The van der Waals surface area contributed by atoms with Crippen molar-refractivity contribution in [2.75, 3.05) is 20.2 Å². The van der Waals surface area contributed by atoms with Crippen molar-refractivity contribution in [3.63, 3.8) is 0 Å². The summed E-state index contributed by atoms with van der Waals surface area (Å²) in [5.41, 5.74) is 0. The van der Waals surface area contributed by atoms with Gasteiger partial charge < -0.3 is 15.4 Å². The first-order chi connectivity index (χ1) is 7.15. The lowest BCUT2D eigenvalue weighted by Gasteiger charge is -2.23. The maximum Gasteiger partial charge on any atom is 0.328 e. The summed E-state index contributed by atoms with van der Waals surface area (Å²) >= 11 is 0. The Morgan fingerprint density at radius 3 is 2.44 bits per heavy atom. The second-order valence-electron chi connectivity index (χ2n) is 3.78. The van der Waals surface area contributed by atoms with Crippen LogP contribution in [0.15, 0.2) is 0 Å². The zero-order valence-electron chi connectivity index (χ0n) is 9.62. The molecule has 0 aromatic rings. The average molecular weight is 251 g/mol. The third-order valence-corrected chi connectivity index (χ3v) is 2.62. The number of rotatable bonds is 3. The average Bonchev–Trinajstić information content (AvgIpc) is 2.29. The van der Waals surface area contributed by atoms with Crippen LogP contribution in [0.1, 0.15) is 19.8 Å². The van der Waals surface area contributed by atoms with E-state index in [9.17, 15) is 9.59 Å². The molecule has 94 valence electrons. The first kappa shape index (κ1) is 15.2. The third kappa shape index (κ3) is 4.37. The molecule has 0 spiro atoms. The van der Waals surface area contributed by atoms with E-state index in [-0.39, 0.29) is 24.2 Å². The lowest BCUT2D eigenvalue weighted by Crippen LogP contribution is -2.44. The molecule has 6 heteroatoms. The molecule has 0 saturated carbocycles. The lowest BCUT2D eigenvalue weighted by molar-refractivity contribution is -0.145. The van der Waals surface area contributed by atoms with Crippen molar-refractivity contribution in [1.29, 1.82) is 0 Å². The van der Waals surface area contributed by atoms with Crippen molar-refractivity contribution in [3.05, 3.63) is 0 Å². The highest BCUT2D eigenvalue weighted by atomic mass is 35.5. The molecule has 1 saturated heterocycles. The maximum atomic E-state index is 11.7. The first-order valence-corrected chi connectivity index (χ1v) is 5.24. The van der Waals surface area contributed by atoms with Gasteiger partial charge in [0.1, 0.15) is 6.04 Å². The fraction of sp³-hybridized carbons (Fsp3) is 0.800. The van der Waals surface area contributed by atoms with Crippen molar-refractivity contribution in [2.45, 2.75) is 25.8 Å². The van der Waals surface area contributed by atoms with Crippen molar-refractivity contribution < 1.29 is 14.3 Å². The highest BCUT2D eigenvalue weighted by Crippen LogP contribution is 2.11. The SMILES string of the molecule is COC(=O)C(C)NC(=O)C1CCNCC1.Cl. The summed E-state index contributed by atoms with van der Waals surface area (Å²) < 4.78 is 4.53. The predicted molar refractivity (Wildman–Crippen MR) is 62.5 cm³/mol. The van der Waals surface area contributed by atoms with Gasteiger partial charge in [-0.05, 0) is 32.9 Å². The molecule has 1 unspecified atom stereocenters. The number of carbonyl (C=O) groups is 2. The lowest BCUT2D eigenvalue weighted by atomic mass is 9.97. The number of hydrogen-bond acceptors (Lipinski definition) is 4. The molecular weight excluding hydrogens is 232 g/mol. The van der Waals surface area contributed by atoms with E-state index >= 15 is 0 Å². The minimum Gasteiger partial charge on any atom is -0.467 e. The predicted octanol–water partition coefficient (Wildman–Crippen LogP) is 0.0855. The van der Waals surface area contributed by atoms with E-state index in [0.717, 1.165) is 25.9 Å². The molecule has 1 heterocycles. The van der Waals surface area contributed by atoms with Crippen molar-refractivity contribution >= 4 is 24.3 Å². The van der Waals surface area contributed by atoms with Crippen LogP contribution in [0.3, 0.4) is 0 Å². The summed E-state index contributed by atoms with van der Waals surface area (Å²) in [7, 11) is 1.31. The summed E-state index contributed by atoms with van der Waals surface area (Å²) in [5, 5.41) is 5.84. The van der Waals surface area contributed by atoms with E-state index in [4.69, 9.17) is 0 Å². The van der Waals surface area contributed by atoms with Crippen LogP contribution < -0.4 is 10.6 Å². The standard InChI is InChI=1S/C10H18N2O3.ClH/c1-7(10(14)15-2)12-9(13)8-3-5-11-6-4-8;/h7-8,11H,3-6H2,1-2H3,(H,12,13);1H. The Hall–Kier alpha value is -0.810. The van der Waals surface area contributed by atoms with Crippen LogP contribution in [0, 0.1) is 5.92 Å². The van der Waals surface area contributed by atoms with Gasteiger partial charge in [0.05, 0.1) is 7.11 Å². The zero-order chi connectivity index (χ0) is 11.3. The fourth-order valence-electron chi connectivity index (χ4n) is 1.65. The monoisotopic (exact) mass is 250 g/mol. The number of halogens is 1. The van der Waals surface area contributed by atoms with Gasteiger partial charge >= 0.3 is 5.97 Å². The number of nitrogens with one attached hydrogen (secondary N) is 2. The second-order valence-corrected chi connectivity index (χ2v) is 3.78. The normalized spacial score (nSPS) is 18.1. The molecule has 0 aromatic carbocycles. The van der Waals surface area contributed by atoms with Crippen molar-refractivity contribution in [1.82, 2.24) is 10.6 Å². The van der Waals surface area contributed by atoms with E-state index in [0.29, 0.717) is 0 Å². The van der Waals surface area contributed by atoms with Gasteiger partial charge in [-0.1, -0.05) is 0 Å². The smallest absolute Gasteiger partial charge is 0.328 e. The molecule has 1 fully saturated rings. The van der Waals surface area contributed by atoms with Gasteiger partial charge in [-0.15, -0.1) is 12.4 Å². The molecule has 0 radical (unpaired) electrons. The molecule has 1 aliphatic rings. The summed E-state index contributed by atoms with van der Waals surface area (Å²) in [6, 6.07) is -0.558. The van der Waals surface area contributed by atoms with Crippen LogP contribution in [0.25, 0.3) is 0 Å². The van der Waals surface area contributed by atoms with Gasteiger partial charge in [0, 0.05) is 5.92 Å². The van der Waals surface area contributed by atoms with Crippen LogP contribution >= 0.6 is 12.4 Å². The van der Waals surface area contributed by atoms with Crippen LogP contribution in [-0.2, 0) is 14.3 Å². The maximum absolute atomic E-state index is 11.7. The molecule has 1 amide bonds. The molecule has 16 heavy (non-hydrogen) atoms. The van der Waals surface area contributed by atoms with E-state index in [2.05, 4.69) is 15.4 Å². The Morgan fingerprint density at radius 2 is 1.94 bits per heavy atom. The molecule has 2 N–H and O–H groups in total. The highest BCUT2D eigenvalue weighted by molar-refractivity contribution is 5.85. The number of amides is 1. The van der Waals surface area contributed by atoms with Gasteiger partial charge in [0.15, 0.2) is 0 Å². The first-order valence-electron chi connectivity index (χ1n) is 5.24. The Bertz CT molecular complexity index is 242.